The summed E-state index contributed by atoms with van der Waals surface area (Å²) in [7, 11) is 1.64. The van der Waals surface area contributed by atoms with Crippen molar-refractivity contribution in [3.8, 4) is 5.75 Å². The summed E-state index contributed by atoms with van der Waals surface area (Å²) in [5, 5.41) is 2.98. The molecule has 1 heterocycles. The van der Waals surface area contributed by atoms with Crippen LogP contribution in [0.1, 0.15) is 24.0 Å². The fraction of sp³-hybridized carbons (Fsp3) is 0.333. The number of amides is 3. The highest BCUT2D eigenvalue weighted by Crippen LogP contribution is 2.26. The largest absolute Gasteiger partial charge is 0.496 e. The maximum absolute atomic E-state index is 12.6. The minimum Gasteiger partial charge on any atom is -0.496 e. The Balaban J connectivity index is 1.72. The smallest absolute Gasteiger partial charge is 0.314 e. The van der Waals surface area contributed by atoms with Crippen molar-refractivity contribution < 1.29 is 14.3 Å². The van der Waals surface area contributed by atoms with E-state index in [0.717, 1.165) is 29.8 Å². The lowest BCUT2D eigenvalue weighted by Gasteiger charge is -2.30. The molecule has 1 fully saturated rings. The fourth-order valence-electron chi connectivity index (χ4n) is 3.45. The average molecular weight is 367 g/mol. The van der Waals surface area contributed by atoms with E-state index in [-0.39, 0.29) is 11.8 Å². The quantitative estimate of drug-likeness (QED) is 0.852. The van der Waals surface area contributed by atoms with Gasteiger partial charge in [-0.05, 0) is 36.6 Å². The molecule has 3 N–H and O–H groups in total. The van der Waals surface area contributed by atoms with Crippen LogP contribution in [0.3, 0.4) is 0 Å². The molecule has 0 spiro atoms. The number of urea groups is 1. The standard InChI is InChI=1S/C21H25N3O3/c1-27-19-10-9-18(13-17(19)12-15-6-3-2-4-7-15)23-20(25)16-8-5-11-24(14-16)21(22)26/h2-4,6-7,9-10,13,16H,5,8,11-12,14H2,1H3,(H2,22,26)(H,23,25). The molecule has 6 heteroatoms. The van der Waals surface area contributed by atoms with Gasteiger partial charge in [0.1, 0.15) is 5.75 Å². The first-order valence-corrected chi connectivity index (χ1v) is 9.13. The van der Waals surface area contributed by atoms with Crippen molar-refractivity contribution in [3.05, 3.63) is 59.7 Å². The van der Waals surface area contributed by atoms with Gasteiger partial charge in [-0.25, -0.2) is 4.79 Å². The summed E-state index contributed by atoms with van der Waals surface area (Å²) in [6.07, 6.45) is 2.25. The number of anilines is 1. The highest BCUT2D eigenvalue weighted by molar-refractivity contribution is 5.93. The monoisotopic (exact) mass is 367 g/mol. The summed E-state index contributed by atoms with van der Waals surface area (Å²) in [5.41, 5.74) is 8.25. The van der Waals surface area contributed by atoms with Crippen LogP contribution in [0.2, 0.25) is 0 Å². The van der Waals surface area contributed by atoms with E-state index in [2.05, 4.69) is 17.4 Å². The molecule has 6 nitrogen and oxygen atoms in total. The highest BCUT2D eigenvalue weighted by atomic mass is 16.5. The molecule has 2 aromatic rings. The molecule has 0 aliphatic carbocycles. The molecule has 27 heavy (non-hydrogen) atoms. The van der Waals surface area contributed by atoms with Crippen molar-refractivity contribution in [1.82, 2.24) is 4.90 Å². The third-order valence-corrected chi connectivity index (χ3v) is 4.89. The van der Waals surface area contributed by atoms with Gasteiger partial charge in [0.15, 0.2) is 0 Å². The number of hydrogen-bond acceptors (Lipinski definition) is 3. The lowest BCUT2D eigenvalue weighted by Crippen LogP contribution is -2.46. The molecular weight excluding hydrogens is 342 g/mol. The summed E-state index contributed by atoms with van der Waals surface area (Å²) in [6, 6.07) is 15.3. The third kappa shape index (κ3) is 4.78. The summed E-state index contributed by atoms with van der Waals surface area (Å²) in [6.45, 7) is 0.983. The van der Waals surface area contributed by atoms with Crippen LogP contribution in [0.4, 0.5) is 10.5 Å². The second-order valence-corrected chi connectivity index (χ2v) is 6.80. The second kappa shape index (κ2) is 8.58. The van der Waals surface area contributed by atoms with Crippen molar-refractivity contribution in [2.45, 2.75) is 19.3 Å². The molecular formula is C21H25N3O3. The number of rotatable bonds is 5. The van der Waals surface area contributed by atoms with Crippen molar-refractivity contribution >= 4 is 17.6 Å². The highest BCUT2D eigenvalue weighted by Gasteiger charge is 2.27. The van der Waals surface area contributed by atoms with Crippen molar-refractivity contribution in [3.63, 3.8) is 0 Å². The Labute approximate surface area is 159 Å². The molecule has 1 unspecified atom stereocenters. The summed E-state index contributed by atoms with van der Waals surface area (Å²) in [5.74, 6) is 0.456. The number of carbonyl (C=O) groups is 2. The van der Waals surface area contributed by atoms with E-state index in [1.54, 1.807) is 7.11 Å². The van der Waals surface area contributed by atoms with Gasteiger partial charge in [0, 0.05) is 30.8 Å². The van der Waals surface area contributed by atoms with Gasteiger partial charge in [-0.1, -0.05) is 30.3 Å². The minimum absolute atomic E-state index is 0.0863. The van der Waals surface area contributed by atoms with E-state index in [9.17, 15) is 9.59 Å². The van der Waals surface area contributed by atoms with Gasteiger partial charge in [0.2, 0.25) is 5.91 Å². The van der Waals surface area contributed by atoms with Crippen LogP contribution in [0.5, 0.6) is 5.75 Å². The maximum Gasteiger partial charge on any atom is 0.314 e. The van der Waals surface area contributed by atoms with Crippen LogP contribution in [-0.2, 0) is 11.2 Å². The Bertz CT molecular complexity index is 808. The molecule has 3 amide bonds. The van der Waals surface area contributed by atoms with Crippen LogP contribution in [-0.4, -0.2) is 37.0 Å². The number of hydrogen-bond donors (Lipinski definition) is 2. The minimum atomic E-state index is -0.470. The molecule has 1 atom stereocenters. The number of nitrogens with zero attached hydrogens (tertiary/aromatic N) is 1. The molecule has 0 bridgehead atoms. The lowest BCUT2D eigenvalue weighted by molar-refractivity contribution is -0.121. The average Bonchev–Trinajstić information content (AvgIpc) is 2.69. The first kappa shape index (κ1) is 18.8. The normalized spacial score (nSPS) is 16.6. The summed E-state index contributed by atoms with van der Waals surface area (Å²) >= 11 is 0. The van der Waals surface area contributed by atoms with E-state index >= 15 is 0 Å². The number of piperidine rings is 1. The maximum atomic E-state index is 12.6. The molecule has 1 aliphatic rings. The predicted octanol–water partition coefficient (Wildman–Crippen LogP) is 3.02. The van der Waals surface area contributed by atoms with Crippen LogP contribution in [0.25, 0.3) is 0 Å². The molecule has 142 valence electrons. The number of carbonyl (C=O) groups excluding carboxylic acids is 2. The van der Waals surface area contributed by atoms with Crippen molar-refractivity contribution in [2.75, 3.05) is 25.5 Å². The zero-order valence-corrected chi connectivity index (χ0v) is 15.5. The van der Waals surface area contributed by atoms with Gasteiger partial charge < -0.3 is 20.7 Å². The zero-order chi connectivity index (χ0) is 19.2. The van der Waals surface area contributed by atoms with Gasteiger partial charge in [0.25, 0.3) is 0 Å². The summed E-state index contributed by atoms with van der Waals surface area (Å²) in [4.78, 5) is 25.5. The first-order chi connectivity index (χ1) is 13.1. The van der Waals surface area contributed by atoms with E-state index in [1.807, 2.05) is 36.4 Å². The number of methoxy groups -OCH3 is 1. The SMILES string of the molecule is COc1ccc(NC(=O)C2CCCN(C(N)=O)C2)cc1Cc1ccccc1. The van der Waals surface area contributed by atoms with Crippen LogP contribution in [0.15, 0.2) is 48.5 Å². The van der Waals surface area contributed by atoms with E-state index in [4.69, 9.17) is 10.5 Å². The molecule has 0 radical (unpaired) electrons. The predicted molar refractivity (Wildman–Crippen MR) is 105 cm³/mol. The van der Waals surface area contributed by atoms with Gasteiger partial charge in [0.05, 0.1) is 13.0 Å². The van der Waals surface area contributed by atoms with E-state index in [1.165, 1.54) is 10.5 Å². The molecule has 2 aromatic carbocycles. The molecule has 1 saturated heterocycles. The Morgan fingerprint density at radius 3 is 2.70 bits per heavy atom. The number of nitrogens with two attached hydrogens (primary N) is 1. The van der Waals surface area contributed by atoms with Gasteiger partial charge in [-0.15, -0.1) is 0 Å². The lowest BCUT2D eigenvalue weighted by atomic mass is 9.97. The molecule has 0 aromatic heterocycles. The number of benzene rings is 2. The van der Waals surface area contributed by atoms with Crippen molar-refractivity contribution in [2.24, 2.45) is 11.7 Å². The van der Waals surface area contributed by atoms with Crippen LogP contribution in [0, 0.1) is 5.92 Å². The second-order valence-electron chi connectivity index (χ2n) is 6.80. The third-order valence-electron chi connectivity index (χ3n) is 4.89. The number of nitrogens with one attached hydrogen (secondary N) is 1. The number of primary amides is 1. The Morgan fingerprint density at radius 2 is 2.00 bits per heavy atom. The van der Waals surface area contributed by atoms with Crippen LogP contribution < -0.4 is 15.8 Å². The molecule has 1 aliphatic heterocycles. The van der Waals surface area contributed by atoms with Gasteiger partial charge in [-0.2, -0.15) is 0 Å². The van der Waals surface area contributed by atoms with Crippen LogP contribution >= 0.6 is 0 Å². The first-order valence-electron chi connectivity index (χ1n) is 9.13. The molecule has 0 saturated carbocycles. The van der Waals surface area contributed by atoms with Gasteiger partial charge in [-0.3, -0.25) is 4.79 Å². The molecule has 3 rings (SSSR count). The number of ether oxygens (including phenoxy) is 1. The Kier molecular flexibility index (Phi) is 5.96. The zero-order valence-electron chi connectivity index (χ0n) is 15.5. The number of likely N-dealkylation sites (tertiary alicyclic amines) is 1. The van der Waals surface area contributed by atoms with Crippen molar-refractivity contribution in [1.29, 1.82) is 0 Å². The topological polar surface area (TPSA) is 84.7 Å². The Morgan fingerprint density at radius 1 is 1.22 bits per heavy atom. The Hall–Kier alpha value is -3.02. The van der Waals surface area contributed by atoms with E-state index in [0.29, 0.717) is 19.5 Å². The van der Waals surface area contributed by atoms with Gasteiger partial charge >= 0.3 is 6.03 Å². The van der Waals surface area contributed by atoms with E-state index < -0.39 is 6.03 Å². The fourth-order valence-corrected chi connectivity index (χ4v) is 3.45. The summed E-state index contributed by atoms with van der Waals surface area (Å²) < 4.78 is 5.46.